The average molecular weight is 513 g/mol. The number of aromatic nitrogens is 3. The Labute approximate surface area is 215 Å². The number of benzene rings is 1. The first-order chi connectivity index (χ1) is 16.7. The van der Waals surface area contributed by atoms with Crippen molar-refractivity contribution in [1.29, 1.82) is 0 Å². The summed E-state index contributed by atoms with van der Waals surface area (Å²) in [5.41, 5.74) is 3.27. The molecule has 2 unspecified atom stereocenters. The molecular weight excluding hydrogens is 472 g/mol. The van der Waals surface area contributed by atoms with Crippen molar-refractivity contribution in [2.24, 2.45) is 17.9 Å². The minimum atomic E-state index is -3.64. The molecule has 3 aromatic rings. The molecule has 1 aliphatic carbocycles. The summed E-state index contributed by atoms with van der Waals surface area (Å²) in [5.74, 6) is 0.110. The average Bonchev–Trinajstić information content (AvgIpc) is 3.03. The zero-order valence-corrected chi connectivity index (χ0v) is 23.4. The van der Waals surface area contributed by atoms with Gasteiger partial charge >= 0.3 is 5.69 Å². The van der Waals surface area contributed by atoms with E-state index in [4.69, 9.17) is 4.98 Å². The number of nitrogens with one attached hydrogen (secondary N) is 1. The molecule has 7 nitrogen and oxygen atoms in total. The maximum atomic E-state index is 13.2. The lowest BCUT2D eigenvalue weighted by atomic mass is 9.69. The highest BCUT2D eigenvalue weighted by molar-refractivity contribution is 7.89. The Kier molecular flexibility index (Phi) is 6.99. The van der Waals surface area contributed by atoms with E-state index in [9.17, 15) is 13.2 Å². The maximum Gasteiger partial charge on any atom is 0.330 e. The van der Waals surface area contributed by atoms with E-state index in [-0.39, 0.29) is 28.5 Å². The third-order valence-electron chi connectivity index (χ3n) is 7.59. The van der Waals surface area contributed by atoms with Crippen molar-refractivity contribution < 1.29 is 8.42 Å². The zero-order chi connectivity index (χ0) is 26.5. The fourth-order valence-electron chi connectivity index (χ4n) is 5.22. The Bertz CT molecular complexity index is 1410. The van der Waals surface area contributed by atoms with E-state index in [1.54, 1.807) is 28.3 Å². The van der Waals surface area contributed by atoms with Crippen LogP contribution < -0.4 is 10.4 Å². The predicted molar refractivity (Wildman–Crippen MR) is 145 cm³/mol. The summed E-state index contributed by atoms with van der Waals surface area (Å²) >= 11 is 0. The predicted octanol–water partition coefficient (Wildman–Crippen LogP) is 4.98. The van der Waals surface area contributed by atoms with Crippen LogP contribution in [0.4, 0.5) is 0 Å². The van der Waals surface area contributed by atoms with Crippen LogP contribution in [-0.2, 0) is 30.0 Å². The number of aryl methyl sites for hydroxylation is 2. The number of nitrogens with zero attached hydrogens (tertiary/aromatic N) is 3. The first-order valence-electron chi connectivity index (χ1n) is 12.9. The van der Waals surface area contributed by atoms with Crippen molar-refractivity contribution >= 4 is 21.2 Å². The molecule has 1 saturated carbocycles. The van der Waals surface area contributed by atoms with E-state index in [1.165, 1.54) is 0 Å². The van der Waals surface area contributed by atoms with Gasteiger partial charge in [0.2, 0.25) is 10.0 Å². The lowest BCUT2D eigenvalue weighted by Gasteiger charge is -2.42. The summed E-state index contributed by atoms with van der Waals surface area (Å²) in [4.78, 5) is 18.2. The van der Waals surface area contributed by atoms with Crippen LogP contribution in [0.5, 0.6) is 0 Å². The molecule has 1 fully saturated rings. The van der Waals surface area contributed by atoms with Crippen molar-refractivity contribution in [3.8, 4) is 0 Å². The maximum absolute atomic E-state index is 13.2. The van der Waals surface area contributed by atoms with Gasteiger partial charge in [0.05, 0.1) is 10.4 Å². The third-order valence-corrected chi connectivity index (χ3v) is 9.08. The summed E-state index contributed by atoms with van der Waals surface area (Å²) in [6.45, 7) is 13.3. The van der Waals surface area contributed by atoms with Crippen molar-refractivity contribution in [2.45, 2.75) is 90.6 Å². The Morgan fingerprint density at radius 2 is 1.78 bits per heavy atom. The van der Waals surface area contributed by atoms with Crippen molar-refractivity contribution in [3.63, 3.8) is 0 Å². The van der Waals surface area contributed by atoms with Gasteiger partial charge in [-0.05, 0) is 66.3 Å². The molecule has 0 aliphatic heterocycles. The van der Waals surface area contributed by atoms with Gasteiger partial charge in [-0.3, -0.25) is 9.13 Å². The van der Waals surface area contributed by atoms with E-state index in [0.29, 0.717) is 23.5 Å². The van der Waals surface area contributed by atoms with Crippen LogP contribution in [0.1, 0.15) is 78.0 Å². The van der Waals surface area contributed by atoms with Crippen LogP contribution in [0.25, 0.3) is 11.2 Å². The van der Waals surface area contributed by atoms with Gasteiger partial charge in [0.25, 0.3) is 0 Å². The second-order valence-electron chi connectivity index (χ2n) is 12.2. The van der Waals surface area contributed by atoms with Gasteiger partial charge in [0.15, 0.2) is 5.65 Å². The molecule has 1 N–H and O–H groups in total. The number of hydrogen-bond donors (Lipinski definition) is 1. The van der Waals surface area contributed by atoms with Crippen molar-refractivity contribution in [2.75, 3.05) is 0 Å². The number of fused-ring (bicyclic) bond motifs is 1. The SMILES string of the molecule is CCc1ccc(S(=O)(=O)NC2CC(c3ccc4c(n3)n(C)c(=O)n4CC(C)(C)C)CCC2(C)C)cc1. The van der Waals surface area contributed by atoms with Crippen LogP contribution in [0.2, 0.25) is 0 Å². The molecule has 2 heterocycles. The lowest BCUT2D eigenvalue weighted by molar-refractivity contribution is 0.170. The Balaban J connectivity index is 1.62. The fraction of sp³-hybridized carbons (Fsp3) is 0.571. The van der Waals surface area contributed by atoms with Gasteiger partial charge in [-0.1, -0.05) is 53.7 Å². The molecule has 8 heteroatoms. The molecule has 0 radical (unpaired) electrons. The van der Waals surface area contributed by atoms with Crippen LogP contribution >= 0.6 is 0 Å². The molecule has 0 bridgehead atoms. The molecule has 1 aromatic carbocycles. The molecule has 4 rings (SSSR count). The monoisotopic (exact) mass is 512 g/mol. The van der Waals surface area contributed by atoms with E-state index >= 15 is 0 Å². The quantitative estimate of drug-likeness (QED) is 0.504. The molecule has 0 spiro atoms. The topological polar surface area (TPSA) is 86.0 Å². The third kappa shape index (κ3) is 5.30. The van der Waals surface area contributed by atoms with Gasteiger partial charge < -0.3 is 0 Å². The summed E-state index contributed by atoms with van der Waals surface area (Å²) < 4.78 is 32.9. The Morgan fingerprint density at radius 3 is 2.39 bits per heavy atom. The molecule has 0 amide bonds. The van der Waals surface area contributed by atoms with E-state index in [1.807, 2.05) is 24.3 Å². The molecule has 0 saturated heterocycles. The second-order valence-corrected chi connectivity index (χ2v) is 13.9. The smallest absolute Gasteiger partial charge is 0.290 e. The van der Waals surface area contributed by atoms with Crippen molar-refractivity contribution in [1.82, 2.24) is 18.8 Å². The zero-order valence-electron chi connectivity index (χ0n) is 22.6. The van der Waals surface area contributed by atoms with Gasteiger partial charge in [-0.2, -0.15) is 0 Å². The first-order valence-corrected chi connectivity index (χ1v) is 14.4. The molecule has 1 aliphatic rings. The standard InChI is InChI=1S/C28H40N4O3S/c1-8-19-9-11-21(12-10-19)36(34,35)30-24-17-20(15-16-28(24,5)6)22-13-14-23-25(29-22)31(7)26(33)32(23)18-27(2,3)4/h9-14,20,24,30H,8,15-18H2,1-7H3. The van der Waals surface area contributed by atoms with Crippen LogP contribution in [0, 0.1) is 10.8 Å². The summed E-state index contributed by atoms with van der Waals surface area (Å²) in [7, 11) is -1.87. The van der Waals surface area contributed by atoms with Gasteiger partial charge in [0.1, 0.15) is 0 Å². The van der Waals surface area contributed by atoms with E-state index < -0.39 is 10.0 Å². The molecule has 2 atom stereocenters. The van der Waals surface area contributed by atoms with E-state index in [2.05, 4.69) is 46.3 Å². The fourth-order valence-corrected chi connectivity index (χ4v) is 6.64. The normalized spacial score (nSPS) is 20.6. The summed E-state index contributed by atoms with van der Waals surface area (Å²) in [6, 6.07) is 10.9. The molecule has 2 aromatic heterocycles. The second kappa shape index (κ2) is 9.45. The van der Waals surface area contributed by atoms with Crippen LogP contribution in [0.3, 0.4) is 0 Å². The Hall–Kier alpha value is -2.45. The van der Waals surface area contributed by atoms with Crippen molar-refractivity contribution in [3.05, 3.63) is 58.1 Å². The van der Waals surface area contributed by atoms with Crippen LogP contribution in [-0.4, -0.2) is 28.6 Å². The first kappa shape index (κ1) is 26.6. The Morgan fingerprint density at radius 1 is 1.11 bits per heavy atom. The number of imidazole rings is 1. The van der Waals surface area contributed by atoms with Gasteiger partial charge in [-0.15, -0.1) is 0 Å². The summed E-state index contributed by atoms with van der Waals surface area (Å²) in [5, 5.41) is 0. The largest absolute Gasteiger partial charge is 0.330 e. The number of hydrogen-bond acceptors (Lipinski definition) is 4. The number of pyridine rings is 1. The minimum Gasteiger partial charge on any atom is -0.290 e. The van der Waals surface area contributed by atoms with Gasteiger partial charge in [-0.25, -0.2) is 22.9 Å². The van der Waals surface area contributed by atoms with Crippen LogP contribution in [0.15, 0.2) is 46.1 Å². The minimum absolute atomic E-state index is 0.0347. The lowest BCUT2D eigenvalue weighted by Crippen LogP contribution is -2.48. The highest BCUT2D eigenvalue weighted by atomic mass is 32.2. The number of rotatable bonds is 6. The van der Waals surface area contributed by atoms with Gasteiger partial charge in [0, 0.05) is 31.2 Å². The summed E-state index contributed by atoms with van der Waals surface area (Å²) in [6.07, 6.45) is 3.33. The number of sulfonamides is 1. The molecular formula is C28H40N4O3S. The van der Waals surface area contributed by atoms with E-state index in [0.717, 1.165) is 36.0 Å². The molecule has 36 heavy (non-hydrogen) atoms. The highest BCUT2D eigenvalue weighted by Crippen LogP contribution is 2.43. The molecule has 196 valence electrons. The highest BCUT2D eigenvalue weighted by Gasteiger charge is 2.40.